The number of nitrogens with zero attached hydrogens (tertiary/aromatic N) is 2. The molecule has 2 aliphatic rings. The lowest BCUT2D eigenvalue weighted by atomic mass is 10.1. The molecular formula is C7H4BrClN2. The van der Waals surface area contributed by atoms with E-state index in [1.807, 2.05) is 18.2 Å². The molecule has 4 heteroatoms. The summed E-state index contributed by atoms with van der Waals surface area (Å²) in [5, 5.41) is 0.722. The van der Waals surface area contributed by atoms with Crippen LogP contribution < -0.4 is 0 Å². The standard InChI is InChI=1S/C7H4BrClN2/c8-7-10-5-2-1-4(9)3-6(5)11-7/h1-3,6H/t6-/m0/s1. The molecule has 1 heterocycles. The Morgan fingerprint density at radius 2 is 2.27 bits per heavy atom. The van der Waals surface area contributed by atoms with Gasteiger partial charge in [0.1, 0.15) is 6.04 Å². The van der Waals surface area contributed by atoms with Gasteiger partial charge in [-0.15, -0.1) is 0 Å². The first-order valence-corrected chi connectivity index (χ1v) is 4.30. The minimum absolute atomic E-state index is 0.0295. The second kappa shape index (κ2) is 2.57. The van der Waals surface area contributed by atoms with E-state index in [4.69, 9.17) is 11.6 Å². The molecule has 56 valence electrons. The van der Waals surface area contributed by atoms with Gasteiger partial charge in [0.15, 0.2) is 4.74 Å². The summed E-state index contributed by atoms with van der Waals surface area (Å²) in [7, 11) is 0. The zero-order valence-electron chi connectivity index (χ0n) is 5.46. The van der Waals surface area contributed by atoms with Crippen LogP contribution in [0.1, 0.15) is 0 Å². The maximum absolute atomic E-state index is 5.77. The monoisotopic (exact) mass is 230 g/mol. The van der Waals surface area contributed by atoms with Crippen molar-refractivity contribution in [2.45, 2.75) is 6.04 Å². The highest BCUT2D eigenvalue weighted by Gasteiger charge is 2.19. The van der Waals surface area contributed by atoms with E-state index < -0.39 is 0 Å². The van der Waals surface area contributed by atoms with Gasteiger partial charge in [-0.05, 0) is 34.2 Å². The van der Waals surface area contributed by atoms with E-state index in [1.54, 1.807) is 0 Å². The van der Waals surface area contributed by atoms with Crippen molar-refractivity contribution in [3.05, 3.63) is 23.3 Å². The summed E-state index contributed by atoms with van der Waals surface area (Å²) in [6.07, 6.45) is 5.57. The summed E-state index contributed by atoms with van der Waals surface area (Å²) in [6.45, 7) is 0. The molecule has 1 aliphatic heterocycles. The molecule has 0 amide bonds. The van der Waals surface area contributed by atoms with Crippen LogP contribution in [0.15, 0.2) is 33.2 Å². The van der Waals surface area contributed by atoms with Crippen molar-refractivity contribution in [3.8, 4) is 0 Å². The van der Waals surface area contributed by atoms with Crippen LogP contribution in [0.4, 0.5) is 0 Å². The topological polar surface area (TPSA) is 24.7 Å². The van der Waals surface area contributed by atoms with Crippen LogP contribution in [0.2, 0.25) is 0 Å². The van der Waals surface area contributed by atoms with Gasteiger partial charge in [-0.3, -0.25) is 0 Å². The van der Waals surface area contributed by atoms with Crippen molar-refractivity contribution in [2.75, 3.05) is 0 Å². The molecule has 2 rings (SSSR count). The van der Waals surface area contributed by atoms with Crippen molar-refractivity contribution in [1.29, 1.82) is 0 Å². The second-order valence-corrected chi connectivity index (χ2v) is 3.41. The molecule has 1 atom stereocenters. The van der Waals surface area contributed by atoms with Crippen LogP contribution in [-0.4, -0.2) is 16.5 Å². The number of hydrogen-bond donors (Lipinski definition) is 0. The van der Waals surface area contributed by atoms with Gasteiger partial charge in [0.25, 0.3) is 0 Å². The van der Waals surface area contributed by atoms with Gasteiger partial charge in [0.05, 0.1) is 5.71 Å². The Bertz CT molecular complexity index is 314. The first kappa shape index (κ1) is 7.25. The molecule has 0 radical (unpaired) electrons. The first-order valence-electron chi connectivity index (χ1n) is 3.13. The lowest BCUT2D eigenvalue weighted by Gasteiger charge is -2.05. The summed E-state index contributed by atoms with van der Waals surface area (Å²) in [5.74, 6) is 0. The SMILES string of the molecule is ClC1=C[C@@H]2N=C(Br)N=C2C=C1. The average Bonchev–Trinajstić information content (AvgIpc) is 2.27. The molecule has 0 aromatic rings. The quantitative estimate of drug-likeness (QED) is 0.571. The van der Waals surface area contributed by atoms with Gasteiger partial charge in [0, 0.05) is 5.03 Å². The highest BCUT2D eigenvalue weighted by atomic mass is 79.9. The smallest absolute Gasteiger partial charge is 0.193 e. The maximum Gasteiger partial charge on any atom is 0.193 e. The van der Waals surface area contributed by atoms with Gasteiger partial charge in [-0.2, -0.15) is 0 Å². The Morgan fingerprint density at radius 3 is 3.09 bits per heavy atom. The van der Waals surface area contributed by atoms with E-state index in [9.17, 15) is 0 Å². The first-order chi connectivity index (χ1) is 5.25. The van der Waals surface area contributed by atoms with Crippen LogP contribution in [-0.2, 0) is 0 Å². The Morgan fingerprint density at radius 1 is 1.45 bits per heavy atom. The second-order valence-electron chi connectivity index (χ2n) is 2.26. The molecule has 0 saturated carbocycles. The molecule has 0 unspecified atom stereocenters. The normalized spacial score (nSPS) is 27.5. The fourth-order valence-electron chi connectivity index (χ4n) is 1.01. The molecule has 0 fully saturated rings. The van der Waals surface area contributed by atoms with Crippen LogP contribution in [0.25, 0.3) is 0 Å². The van der Waals surface area contributed by atoms with Crippen molar-refractivity contribution < 1.29 is 0 Å². The predicted molar refractivity (Wildman–Crippen MR) is 50.7 cm³/mol. The largest absolute Gasteiger partial charge is 0.246 e. The van der Waals surface area contributed by atoms with E-state index in [0.29, 0.717) is 4.74 Å². The zero-order valence-corrected chi connectivity index (χ0v) is 7.80. The summed E-state index contributed by atoms with van der Waals surface area (Å²) in [5.41, 5.74) is 0.946. The van der Waals surface area contributed by atoms with Gasteiger partial charge in [0.2, 0.25) is 0 Å². The van der Waals surface area contributed by atoms with Crippen LogP contribution >= 0.6 is 27.5 Å². The predicted octanol–water partition coefficient (Wildman–Crippen LogP) is 2.25. The molecule has 0 saturated heterocycles. The Balaban J connectivity index is 2.39. The van der Waals surface area contributed by atoms with Crippen molar-refractivity contribution in [1.82, 2.24) is 0 Å². The molecule has 2 nitrogen and oxygen atoms in total. The lowest BCUT2D eigenvalue weighted by molar-refractivity contribution is 1.11. The van der Waals surface area contributed by atoms with Gasteiger partial charge >= 0.3 is 0 Å². The summed E-state index contributed by atoms with van der Waals surface area (Å²) >= 11 is 8.97. The van der Waals surface area contributed by atoms with E-state index in [0.717, 1.165) is 10.7 Å². The van der Waals surface area contributed by atoms with E-state index in [2.05, 4.69) is 25.9 Å². The molecular weight excluding hydrogens is 227 g/mol. The van der Waals surface area contributed by atoms with Crippen LogP contribution in [0.5, 0.6) is 0 Å². The number of amidine groups is 1. The molecule has 0 spiro atoms. The average molecular weight is 231 g/mol. The van der Waals surface area contributed by atoms with Crippen molar-refractivity contribution in [3.63, 3.8) is 0 Å². The molecule has 0 aromatic carbocycles. The molecule has 0 aromatic heterocycles. The fraction of sp³-hybridized carbons (Fsp3) is 0.143. The number of aliphatic imine (C=N–C) groups is 2. The van der Waals surface area contributed by atoms with Crippen molar-refractivity contribution in [2.24, 2.45) is 9.98 Å². The van der Waals surface area contributed by atoms with Gasteiger partial charge in [-0.1, -0.05) is 11.6 Å². The number of halogens is 2. The zero-order chi connectivity index (χ0) is 7.84. The molecule has 1 aliphatic carbocycles. The molecule has 11 heavy (non-hydrogen) atoms. The lowest BCUT2D eigenvalue weighted by Crippen LogP contribution is -2.12. The third kappa shape index (κ3) is 1.30. The number of allylic oxidation sites excluding steroid dienone is 2. The third-order valence-electron chi connectivity index (χ3n) is 1.50. The molecule has 0 N–H and O–H groups in total. The maximum atomic E-state index is 5.77. The Kier molecular flexibility index (Phi) is 1.69. The summed E-state index contributed by atoms with van der Waals surface area (Å²) in [6, 6.07) is 0.0295. The Labute approximate surface area is 77.5 Å². The molecule has 0 bridgehead atoms. The summed E-state index contributed by atoms with van der Waals surface area (Å²) in [4.78, 5) is 8.32. The van der Waals surface area contributed by atoms with Gasteiger partial charge < -0.3 is 0 Å². The van der Waals surface area contributed by atoms with Crippen LogP contribution in [0, 0.1) is 0 Å². The number of rotatable bonds is 0. The minimum Gasteiger partial charge on any atom is -0.246 e. The highest BCUT2D eigenvalue weighted by molar-refractivity contribution is 9.18. The fourth-order valence-corrected chi connectivity index (χ4v) is 1.62. The van der Waals surface area contributed by atoms with Crippen molar-refractivity contribution >= 4 is 38.0 Å². The Hall–Kier alpha value is -0.410. The van der Waals surface area contributed by atoms with E-state index in [1.165, 1.54) is 0 Å². The minimum atomic E-state index is 0.0295. The van der Waals surface area contributed by atoms with Gasteiger partial charge in [-0.25, -0.2) is 9.98 Å². The number of hydrogen-bond acceptors (Lipinski definition) is 2. The van der Waals surface area contributed by atoms with E-state index >= 15 is 0 Å². The van der Waals surface area contributed by atoms with E-state index in [-0.39, 0.29) is 6.04 Å². The highest BCUT2D eigenvalue weighted by Crippen LogP contribution is 2.20. The number of fused-ring (bicyclic) bond motifs is 1. The van der Waals surface area contributed by atoms with Crippen LogP contribution in [0.3, 0.4) is 0 Å². The summed E-state index contributed by atoms with van der Waals surface area (Å²) < 4.78 is 0.643. The third-order valence-corrected chi connectivity index (χ3v) is 2.13.